The molecule has 0 spiro atoms. The highest BCUT2D eigenvalue weighted by atomic mass is 19.4. The van der Waals surface area contributed by atoms with Gasteiger partial charge in [-0.1, -0.05) is 42.5 Å². The highest BCUT2D eigenvalue weighted by Crippen LogP contribution is 2.47. The summed E-state index contributed by atoms with van der Waals surface area (Å²) in [6.07, 6.45) is -0.981. The number of hydrogen-bond donors (Lipinski definition) is 2. The molecule has 3 amide bonds. The van der Waals surface area contributed by atoms with Gasteiger partial charge in [0.1, 0.15) is 0 Å². The number of urea groups is 1. The SMILES string of the molecule is CC(C)(C)NC(=O)N1CCc2c(-c3cncc(C(F)(F)F)c3)ccc(CNC(=O)C3C[C@@H]3c3ccccc3)c2C1. The number of rotatable bonds is 5. The van der Waals surface area contributed by atoms with E-state index in [2.05, 4.69) is 15.6 Å². The number of pyridine rings is 1. The Morgan fingerprint density at radius 1 is 1.02 bits per heavy atom. The molecule has 2 heterocycles. The van der Waals surface area contributed by atoms with Gasteiger partial charge in [-0.25, -0.2) is 4.79 Å². The molecule has 2 aliphatic rings. The number of hydrogen-bond acceptors (Lipinski definition) is 3. The van der Waals surface area contributed by atoms with Gasteiger partial charge in [-0.3, -0.25) is 9.78 Å². The first-order valence-electron chi connectivity index (χ1n) is 13.5. The molecule has 2 aromatic carbocycles. The normalized spacial score (nSPS) is 18.6. The van der Waals surface area contributed by atoms with Crippen LogP contribution in [0.5, 0.6) is 0 Å². The summed E-state index contributed by atoms with van der Waals surface area (Å²) in [5.41, 5.74) is 3.52. The smallest absolute Gasteiger partial charge is 0.352 e. The molecular weight excluding hydrogens is 517 g/mol. The van der Waals surface area contributed by atoms with Crippen LogP contribution in [0, 0.1) is 5.92 Å². The van der Waals surface area contributed by atoms with Gasteiger partial charge in [0.15, 0.2) is 0 Å². The zero-order valence-electron chi connectivity index (χ0n) is 22.8. The van der Waals surface area contributed by atoms with Crippen LogP contribution in [0.3, 0.4) is 0 Å². The van der Waals surface area contributed by atoms with Crippen molar-refractivity contribution in [1.82, 2.24) is 20.5 Å². The summed E-state index contributed by atoms with van der Waals surface area (Å²) in [7, 11) is 0. The Kier molecular flexibility index (Phi) is 7.33. The van der Waals surface area contributed by atoms with Crippen molar-refractivity contribution in [3.05, 3.63) is 88.7 Å². The van der Waals surface area contributed by atoms with Crippen molar-refractivity contribution >= 4 is 11.9 Å². The van der Waals surface area contributed by atoms with Crippen LogP contribution >= 0.6 is 0 Å². The molecule has 210 valence electrons. The molecule has 0 bridgehead atoms. The third-order valence-corrected chi connectivity index (χ3v) is 7.46. The lowest BCUT2D eigenvalue weighted by Crippen LogP contribution is -2.50. The third-order valence-electron chi connectivity index (χ3n) is 7.46. The number of alkyl halides is 3. The van der Waals surface area contributed by atoms with Crippen molar-refractivity contribution in [2.75, 3.05) is 6.54 Å². The van der Waals surface area contributed by atoms with Crippen molar-refractivity contribution in [3.63, 3.8) is 0 Å². The van der Waals surface area contributed by atoms with Crippen LogP contribution in [0.15, 0.2) is 60.9 Å². The van der Waals surface area contributed by atoms with Gasteiger partial charge in [0, 0.05) is 49.0 Å². The lowest BCUT2D eigenvalue weighted by Gasteiger charge is -2.34. The van der Waals surface area contributed by atoms with Crippen LogP contribution in [0.4, 0.5) is 18.0 Å². The summed E-state index contributed by atoms with van der Waals surface area (Å²) >= 11 is 0. The van der Waals surface area contributed by atoms with Crippen molar-refractivity contribution in [2.24, 2.45) is 5.92 Å². The van der Waals surface area contributed by atoms with E-state index in [1.54, 1.807) is 11.0 Å². The Morgan fingerprint density at radius 2 is 1.77 bits per heavy atom. The minimum Gasteiger partial charge on any atom is -0.352 e. The Balaban J connectivity index is 1.41. The lowest BCUT2D eigenvalue weighted by atomic mass is 9.87. The maximum atomic E-state index is 13.4. The van der Waals surface area contributed by atoms with Crippen LogP contribution in [-0.2, 0) is 30.5 Å². The first kappa shape index (κ1) is 27.7. The fraction of sp³-hybridized carbons (Fsp3) is 0.387. The van der Waals surface area contributed by atoms with E-state index >= 15 is 0 Å². The van der Waals surface area contributed by atoms with E-state index in [-0.39, 0.29) is 30.3 Å². The molecule has 6 nitrogen and oxygen atoms in total. The van der Waals surface area contributed by atoms with E-state index in [1.165, 1.54) is 6.20 Å². The van der Waals surface area contributed by atoms with Gasteiger partial charge in [0.05, 0.1) is 5.56 Å². The van der Waals surface area contributed by atoms with Gasteiger partial charge in [-0.05, 0) is 73.4 Å². The van der Waals surface area contributed by atoms with E-state index in [9.17, 15) is 22.8 Å². The Morgan fingerprint density at radius 3 is 2.48 bits per heavy atom. The fourth-order valence-electron chi connectivity index (χ4n) is 5.36. The molecule has 9 heteroatoms. The minimum absolute atomic E-state index is 0.0214. The number of benzene rings is 2. The quantitative estimate of drug-likeness (QED) is 0.406. The van der Waals surface area contributed by atoms with Crippen LogP contribution in [0.2, 0.25) is 0 Å². The molecule has 1 aromatic heterocycles. The zero-order valence-corrected chi connectivity index (χ0v) is 22.8. The fourth-order valence-corrected chi connectivity index (χ4v) is 5.36. The van der Waals surface area contributed by atoms with E-state index < -0.39 is 17.3 Å². The molecule has 3 aromatic rings. The van der Waals surface area contributed by atoms with Crippen molar-refractivity contribution in [1.29, 1.82) is 0 Å². The highest BCUT2D eigenvalue weighted by molar-refractivity contribution is 5.83. The van der Waals surface area contributed by atoms with Gasteiger partial charge < -0.3 is 15.5 Å². The molecule has 40 heavy (non-hydrogen) atoms. The molecule has 1 saturated carbocycles. The summed E-state index contributed by atoms with van der Waals surface area (Å²) in [5.74, 6) is 0.108. The van der Waals surface area contributed by atoms with Gasteiger partial charge in [0.2, 0.25) is 5.91 Å². The van der Waals surface area contributed by atoms with E-state index in [0.717, 1.165) is 40.9 Å². The number of fused-ring (bicyclic) bond motifs is 1. The Labute approximate surface area is 232 Å². The molecule has 2 N–H and O–H groups in total. The van der Waals surface area contributed by atoms with Gasteiger partial charge >= 0.3 is 12.2 Å². The van der Waals surface area contributed by atoms with Crippen LogP contribution in [-0.4, -0.2) is 33.9 Å². The summed E-state index contributed by atoms with van der Waals surface area (Å²) in [6.45, 7) is 6.70. The number of carbonyl (C=O) groups excluding carboxylic acids is 2. The van der Waals surface area contributed by atoms with Crippen LogP contribution in [0.1, 0.15) is 60.9 Å². The summed E-state index contributed by atoms with van der Waals surface area (Å²) in [4.78, 5) is 31.5. The second-order valence-corrected chi connectivity index (χ2v) is 11.6. The number of amides is 3. The van der Waals surface area contributed by atoms with E-state index in [4.69, 9.17) is 0 Å². The largest absolute Gasteiger partial charge is 0.417 e. The third kappa shape index (κ3) is 6.13. The molecule has 2 atom stereocenters. The van der Waals surface area contributed by atoms with E-state index in [1.807, 2.05) is 57.2 Å². The van der Waals surface area contributed by atoms with Crippen molar-refractivity contribution in [2.45, 2.75) is 64.3 Å². The average molecular weight is 551 g/mol. The van der Waals surface area contributed by atoms with Crippen LogP contribution < -0.4 is 10.6 Å². The number of nitrogens with one attached hydrogen (secondary N) is 2. The maximum absolute atomic E-state index is 13.4. The highest BCUT2D eigenvalue weighted by Gasteiger charge is 2.43. The number of carbonyl (C=O) groups is 2. The topological polar surface area (TPSA) is 74.3 Å². The summed E-state index contributed by atoms with van der Waals surface area (Å²) in [6, 6.07) is 14.5. The number of aromatic nitrogens is 1. The zero-order chi connectivity index (χ0) is 28.7. The Bertz CT molecular complexity index is 1420. The molecule has 5 rings (SSSR count). The Hall–Kier alpha value is -3.88. The lowest BCUT2D eigenvalue weighted by molar-refractivity contribution is -0.137. The molecule has 1 aliphatic heterocycles. The standard InChI is InChI=1S/C31H33F3N4O2/c1-30(2,3)37-29(40)38-12-11-24-23(21-13-22(17-35-15-21)31(32,33)34)10-9-20(27(24)18-38)16-36-28(39)26-14-25(26)19-7-5-4-6-8-19/h4-10,13,15,17,25-26H,11-12,14,16,18H2,1-3H3,(H,36,39)(H,37,40)/t25-,26?/m1/s1. The molecule has 1 aliphatic carbocycles. The van der Waals surface area contributed by atoms with Crippen molar-refractivity contribution in [3.8, 4) is 11.1 Å². The minimum atomic E-state index is -4.50. The average Bonchev–Trinajstić information content (AvgIpc) is 3.72. The predicted octanol–water partition coefficient (Wildman–Crippen LogP) is 6.05. The van der Waals surface area contributed by atoms with Crippen molar-refractivity contribution < 1.29 is 22.8 Å². The van der Waals surface area contributed by atoms with E-state index in [0.29, 0.717) is 30.6 Å². The van der Waals surface area contributed by atoms with Gasteiger partial charge in [-0.15, -0.1) is 0 Å². The molecule has 1 fully saturated rings. The monoisotopic (exact) mass is 550 g/mol. The second kappa shape index (κ2) is 10.6. The first-order chi connectivity index (χ1) is 18.9. The molecule has 0 saturated heterocycles. The van der Waals surface area contributed by atoms with Crippen LogP contribution in [0.25, 0.3) is 11.1 Å². The molecule has 1 unspecified atom stereocenters. The predicted molar refractivity (Wildman–Crippen MR) is 146 cm³/mol. The first-order valence-corrected chi connectivity index (χ1v) is 13.5. The maximum Gasteiger partial charge on any atom is 0.417 e. The number of halogens is 3. The van der Waals surface area contributed by atoms with Gasteiger partial charge in [0.25, 0.3) is 0 Å². The number of nitrogens with zero attached hydrogens (tertiary/aromatic N) is 2. The van der Waals surface area contributed by atoms with Gasteiger partial charge in [-0.2, -0.15) is 13.2 Å². The second-order valence-electron chi connectivity index (χ2n) is 11.6. The molecular formula is C31H33F3N4O2. The summed E-state index contributed by atoms with van der Waals surface area (Å²) in [5, 5.41) is 6.05. The summed E-state index contributed by atoms with van der Waals surface area (Å²) < 4.78 is 40.2. The molecule has 0 radical (unpaired) electrons.